The second kappa shape index (κ2) is 9.36. The van der Waals surface area contributed by atoms with Crippen molar-refractivity contribution in [2.45, 2.75) is 30.7 Å². The van der Waals surface area contributed by atoms with E-state index in [2.05, 4.69) is 15.4 Å². The Labute approximate surface area is 170 Å². The predicted molar refractivity (Wildman–Crippen MR) is 109 cm³/mol. The molecule has 9 heteroatoms. The summed E-state index contributed by atoms with van der Waals surface area (Å²) >= 11 is 0. The van der Waals surface area contributed by atoms with Crippen LogP contribution in [0.4, 0.5) is 10.1 Å². The van der Waals surface area contributed by atoms with E-state index in [9.17, 15) is 17.6 Å². The fourth-order valence-corrected chi connectivity index (χ4v) is 4.16. The van der Waals surface area contributed by atoms with E-state index in [0.29, 0.717) is 6.54 Å². The molecule has 0 radical (unpaired) electrons. The lowest BCUT2D eigenvalue weighted by molar-refractivity contribution is 0.0931. The first-order chi connectivity index (χ1) is 12.9. The molecule has 1 heterocycles. The quantitative estimate of drug-likeness (QED) is 0.684. The lowest BCUT2D eigenvalue weighted by atomic mass is 10.1. The Balaban J connectivity index is 0.00000280. The number of benzene rings is 2. The maximum absolute atomic E-state index is 13.4. The van der Waals surface area contributed by atoms with E-state index in [-0.39, 0.29) is 46.1 Å². The summed E-state index contributed by atoms with van der Waals surface area (Å²) in [5, 5.41) is 6.15. The molecule has 1 amide bonds. The van der Waals surface area contributed by atoms with Crippen LogP contribution in [-0.4, -0.2) is 33.5 Å². The Morgan fingerprint density at radius 1 is 1.21 bits per heavy atom. The van der Waals surface area contributed by atoms with Crippen molar-refractivity contribution in [1.82, 2.24) is 10.6 Å². The number of sulfonamides is 1. The first kappa shape index (κ1) is 22.1. The van der Waals surface area contributed by atoms with Gasteiger partial charge in [0.05, 0.1) is 16.1 Å². The molecule has 0 bridgehead atoms. The zero-order valence-electron chi connectivity index (χ0n) is 15.4. The lowest BCUT2D eigenvalue weighted by Crippen LogP contribution is -2.45. The van der Waals surface area contributed by atoms with Gasteiger partial charge in [-0.25, -0.2) is 12.8 Å². The Bertz CT molecular complexity index is 947. The number of piperidine rings is 1. The number of rotatable bonds is 5. The molecule has 0 aliphatic carbocycles. The molecule has 3 rings (SSSR count). The van der Waals surface area contributed by atoms with Gasteiger partial charge in [-0.05, 0) is 62.2 Å². The maximum atomic E-state index is 13.4. The first-order valence-electron chi connectivity index (χ1n) is 8.76. The minimum Gasteiger partial charge on any atom is -0.348 e. The molecule has 1 aliphatic heterocycles. The molecule has 1 unspecified atom stereocenters. The number of halogens is 2. The number of hydrogen-bond acceptors (Lipinski definition) is 4. The van der Waals surface area contributed by atoms with Crippen molar-refractivity contribution in [3.05, 3.63) is 59.4 Å². The normalized spacial score (nSPS) is 16.7. The van der Waals surface area contributed by atoms with Crippen molar-refractivity contribution < 1.29 is 17.6 Å². The average Bonchev–Trinajstić information content (AvgIpc) is 2.65. The number of carbonyl (C=O) groups excluding carboxylic acids is 1. The van der Waals surface area contributed by atoms with Gasteiger partial charge in [-0.15, -0.1) is 12.4 Å². The molecule has 1 aliphatic rings. The standard InChI is InChI=1S/C19H22FN3O3S.ClH/c1-13-11-15(8-9-17(13)20)27(25,26)23-18-7-3-2-6-16(18)19(24)22-14-5-4-10-21-12-14;/h2-3,6-9,11,14,21,23H,4-5,10,12H2,1H3,(H,22,24);1H. The van der Waals surface area contributed by atoms with Gasteiger partial charge >= 0.3 is 0 Å². The summed E-state index contributed by atoms with van der Waals surface area (Å²) in [4.78, 5) is 12.6. The molecular formula is C19H23ClFN3O3S. The topological polar surface area (TPSA) is 87.3 Å². The van der Waals surface area contributed by atoms with E-state index in [1.165, 1.54) is 25.1 Å². The van der Waals surface area contributed by atoms with Crippen LogP contribution in [0.15, 0.2) is 47.4 Å². The summed E-state index contributed by atoms with van der Waals surface area (Å²) in [5.74, 6) is -0.813. The van der Waals surface area contributed by atoms with Crippen molar-refractivity contribution in [2.75, 3.05) is 17.8 Å². The number of anilines is 1. The van der Waals surface area contributed by atoms with E-state index in [1.54, 1.807) is 18.2 Å². The monoisotopic (exact) mass is 427 g/mol. The van der Waals surface area contributed by atoms with Crippen molar-refractivity contribution in [1.29, 1.82) is 0 Å². The SMILES string of the molecule is Cc1cc(S(=O)(=O)Nc2ccccc2C(=O)NC2CCCNC2)ccc1F.Cl. The highest BCUT2D eigenvalue weighted by molar-refractivity contribution is 7.92. The number of para-hydroxylation sites is 1. The summed E-state index contributed by atoms with van der Waals surface area (Å²) in [5.41, 5.74) is 0.653. The Morgan fingerprint density at radius 3 is 2.64 bits per heavy atom. The second-order valence-electron chi connectivity index (χ2n) is 6.58. The molecule has 28 heavy (non-hydrogen) atoms. The summed E-state index contributed by atoms with van der Waals surface area (Å²) < 4.78 is 41.2. The highest BCUT2D eigenvalue weighted by Crippen LogP contribution is 2.22. The van der Waals surface area contributed by atoms with Crippen LogP contribution in [0, 0.1) is 12.7 Å². The molecule has 3 N–H and O–H groups in total. The van der Waals surface area contributed by atoms with Crippen LogP contribution in [0.1, 0.15) is 28.8 Å². The molecular weight excluding hydrogens is 405 g/mol. The minimum absolute atomic E-state index is 0. The van der Waals surface area contributed by atoms with E-state index < -0.39 is 15.8 Å². The smallest absolute Gasteiger partial charge is 0.261 e. The van der Waals surface area contributed by atoms with Crippen LogP contribution < -0.4 is 15.4 Å². The highest BCUT2D eigenvalue weighted by atomic mass is 35.5. The van der Waals surface area contributed by atoms with Crippen LogP contribution in [-0.2, 0) is 10.0 Å². The van der Waals surface area contributed by atoms with Gasteiger partial charge in [0.2, 0.25) is 0 Å². The van der Waals surface area contributed by atoms with Gasteiger partial charge in [-0.1, -0.05) is 12.1 Å². The van der Waals surface area contributed by atoms with E-state index in [1.807, 2.05) is 0 Å². The third-order valence-corrected chi connectivity index (χ3v) is 5.85. The molecule has 1 saturated heterocycles. The molecule has 152 valence electrons. The zero-order chi connectivity index (χ0) is 19.4. The van der Waals surface area contributed by atoms with Gasteiger partial charge < -0.3 is 10.6 Å². The van der Waals surface area contributed by atoms with Gasteiger partial charge in [0, 0.05) is 12.6 Å². The van der Waals surface area contributed by atoms with E-state index >= 15 is 0 Å². The Hall–Kier alpha value is -2.16. The second-order valence-corrected chi connectivity index (χ2v) is 8.26. The van der Waals surface area contributed by atoms with Crippen LogP contribution in [0.25, 0.3) is 0 Å². The summed E-state index contributed by atoms with van der Waals surface area (Å²) in [6, 6.07) is 9.99. The summed E-state index contributed by atoms with van der Waals surface area (Å²) in [6.45, 7) is 3.11. The summed E-state index contributed by atoms with van der Waals surface area (Å²) in [7, 11) is -3.95. The Morgan fingerprint density at radius 2 is 1.96 bits per heavy atom. The predicted octanol–water partition coefficient (Wildman–Crippen LogP) is 2.84. The summed E-state index contributed by atoms with van der Waals surface area (Å²) in [6.07, 6.45) is 1.85. The number of hydrogen-bond donors (Lipinski definition) is 3. The number of nitrogens with one attached hydrogen (secondary N) is 3. The van der Waals surface area contributed by atoms with Gasteiger partial charge in [0.15, 0.2) is 0 Å². The average molecular weight is 428 g/mol. The lowest BCUT2D eigenvalue weighted by Gasteiger charge is -2.24. The van der Waals surface area contributed by atoms with Gasteiger partial charge in [-0.2, -0.15) is 0 Å². The number of carbonyl (C=O) groups is 1. The van der Waals surface area contributed by atoms with E-state index in [4.69, 9.17) is 0 Å². The van der Waals surface area contributed by atoms with Crippen LogP contribution in [0.3, 0.4) is 0 Å². The molecule has 2 aromatic rings. The maximum Gasteiger partial charge on any atom is 0.261 e. The van der Waals surface area contributed by atoms with Crippen molar-refractivity contribution in [3.63, 3.8) is 0 Å². The molecule has 0 spiro atoms. The Kier molecular flexibility index (Phi) is 7.40. The molecule has 6 nitrogen and oxygen atoms in total. The van der Waals surface area contributed by atoms with Crippen LogP contribution >= 0.6 is 12.4 Å². The molecule has 0 saturated carbocycles. The van der Waals surface area contributed by atoms with Crippen molar-refractivity contribution in [3.8, 4) is 0 Å². The largest absolute Gasteiger partial charge is 0.348 e. The third-order valence-electron chi connectivity index (χ3n) is 4.49. The molecule has 1 fully saturated rings. The zero-order valence-corrected chi connectivity index (χ0v) is 17.0. The molecule has 2 aromatic carbocycles. The highest BCUT2D eigenvalue weighted by Gasteiger charge is 2.21. The molecule has 0 aromatic heterocycles. The first-order valence-corrected chi connectivity index (χ1v) is 10.2. The third kappa shape index (κ3) is 5.21. The van der Waals surface area contributed by atoms with Crippen molar-refractivity contribution >= 4 is 34.0 Å². The molecule has 1 atom stereocenters. The van der Waals surface area contributed by atoms with Crippen molar-refractivity contribution in [2.24, 2.45) is 0 Å². The van der Waals surface area contributed by atoms with Crippen LogP contribution in [0.2, 0.25) is 0 Å². The minimum atomic E-state index is -3.95. The van der Waals surface area contributed by atoms with Gasteiger partial charge in [0.1, 0.15) is 5.82 Å². The number of amides is 1. The van der Waals surface area contributed by atoms with Gasteiger partial charge in [0.25, 0.3) is 15.9 Å². The van der Waals surface area contributed by atoms with Crippen LogP contribution in [0.5, 0.6) is 0 Å². The van der Waals surface area contributed by atoms with Gasteiger partial charge in [-0.3, -0.25) is 9.52 Å². The number of aryl methyl sites for hydroxylation is 1. The fraction of sp³-hybridized carbons (Fsp3) is 0.316. The fourth-order valence-electron chi connectivity index (χ4n) is 3.00. The van der Waals surface area contributed by atoms with E-state index in [0.717, 1.165) is 25.5 Å².